The molecule has 142 valence electrons. The largest absolute Gasteiger partial charge is 0.493 e. The number of rotatable bonds is 7. The average molecular weight is 378 g/mol. The fourth-order valence-electron chi connectivity index (χ4n) is 2.52. The van der Waals surface area contributed by atoms with Crippen LogP contribution in [0.15, 0.2) is 54.7 Å². The van der Waals surface area contributed by atoms with Crippen LogP contribution in [0.1, 0.15) is 16.1 Å². The first-order valence-corrected chi connectivity index (χ1v) is 8.34. The van der Waals surface area contributed by atoms with Crippen LogP contribution in [0.25, 0.3) is 0 Å². The van der Waals surface area contributed by atoms with Crippen LogP contribution in [-0.4, -0.2) is 29.9 Å². The molecule has 0 bridgehead atoms. The number of methoxy groups -OCH3 is 2. The highest BCUT2D eigenvalue weighted by Crippen LogP contribution is 2.36. The standard InChI is InChI=1S/C20H18N4O4/c1-26-17-8-5-9-18(27-2)19(17)28-13-24-11-10-16(23-24)20(25)22-15-7-4-3-6-14(15)12-21/h3-11H,13H2,1-2H3,(H,22,25). The zero-order chi connectivity index (χ0) is 19.9. The highest BCUT2D eigenvalue weighted by atomic mass is 16.5. The topological polar surface area (TPSA) is 98.4 Å². The predicted octanol–water partition coefficient (Wildman–Crippen LogP) is 3.06. The number of benzene rings is 2. The molecule has 0 radical (unpaired) electrons. The number of nitriles is 1. The molecule has 3 rings (SSSR count). The Bertz CT molecular complexity index is 1000. The van der Waals surface area contributed by atoms with Gasteiger partial charge in [-0.2, -0.15) is 10.4 Å². The lowest BCUT2D eigenvalue weighted by Gasteiger charge is -2.13. The van der Waals surface area contributed by atoms with E-state index in [0.29, 0.717) is 28.5 Å². The second-order valence-electron chi connectivity index (χ2n) is 5.62. The molecule has 0 fully saturated rings. The number of anilines is 1. The van der Waals surface area contributed by atoms with Gasteiger partial charge in [0.1, 0.15) is 6.07 Å². The van der Waals surface area contributed by atoms with Gasteiger partial charge in [0.25, 0.3) is 5.91 Å². The second kappa shape index (κ2) is 8.60. The number of ether oxygens (including phenoxy) is 3. The molecule has 0 aliphatic carbocycles. The Labute approximate surface area is 161 Å². The number of para-hydroxylation sites is 2. The van der Waals surface area contributed by atoms with E-state index in [1.165, 1.54) is 18.9 Å². The van der Waals surface area contributed by atoms with E-state index in [4.69, 9.17) is 19.5 Å². The molecule has 8 nitrogen and oxygen atoms in total. The quantitative estimate of drug-likeness (QED) is 0.678. The first-order chi connectivity index (χ1) is 13.7. The molecule has 2 aromatic carbocycles. The predicted molar refractivity (Wildman–Crippen MR) is 102 cm³/mol. The summed E-state index contributed by atoms with van der Waals surface area (Å²) in [7, 11) is 3.08. The molecule has 1 aromatic heterocycles. The molecule has 0 aliphatic heterocycles. The lowest BCUT2D eigenvalue weighted by molar-refractivity contribution is 0.102. The number of aromatic nitrogens is 2. The van der Waals surface area contributed by atoms with Crippen LogP contribution in [0.3, 0.4) is 0 Å². The SMILES string of the molecule is COc1cccc(OC)c1OCn1ccc(C(=O)Nc2ccccc2C#N)n1. The Morgan fingerprint density at radius 2 is 1.82 bits per heavy atom. The van der Waals surface area contributed by atoms with Gasteiger partial charge in [0.2, 0.25) is 5.75 Å². The Morgan fingerprint density at radius 3 is 2.50 bits per heavy atom. The summed E-state index contributed by atoms with van der Waals surface area (Å²) in [6.07, 6.45) is 1.62. The molecule has 0 saturated carbocycles. The van der Waals surface area contributed by atoms with Crippen LogP contribution in [0.5, 0.6) is 17.2 Å². The van der Waals surface area contributed by atoms with Gasteiger partial charge in [0.05, 0.1) is 25.5 Å². The molecular weight excluding hydrogens is 360 g/mol. The summed E-state index contributed by atoms with van der Waals surface area (Å²) in [5.41, 5.74) is 1.00. The maximum absolute atomic E-state index is 12.4. The van der Waals surface area contributed by atoms with E-state index in [0.717, 1.165) is 0 Å². The van der Waals surface area contributed by atoms with Crippen LogP contribution >= 0.6 is 0 Å². The molecule has 0 saturated heterocycles. The summed E-state index contributed by atoms with van der Waals surface area (Å²) in [6, 6.07) is 15.7. The zero-order valence-electron chi connectivity index (χ0n) is 15.4. The van der Waals surface area contributed by atoms with Crippen molar-refractivity contribution in [1.82, 2.24) is 9.78 Å². The van der Waals surface area contributed by atoms with Gasteiger partial charge in [-0.3, -0.25) is 4.79 Å². The van der Waals surface area contributed by atoms with Gasteiger partial charge in [0, 0.05) is 6.20 Å². The maximum Gasteiger partial charge on any atom is 0.276 e. The number of hydrogen-bond donors (Lipinski definition) is 1. The lowest BCUT2D eigenvalue weighted by Crippen LogP contribution is -2.15. The highest BCUT2D eigenvalue weighted by Gasteiger charge is 2.14. The van der Waals surface area contributed by atoms with Crippen molar-refractivity contribution >= 4 is 11.6 Å². The monoisotopic (exact) mass is 378 g/mol. The summed E-state index contributed by atoms with van der Waals surface area (Å²) < 4.78 is 17.8. The number of carbonyl (C=O) groups excluding carboxylic acids is 1. The molecule has 28 heavy (non-hydrogen) atoms. The molecule has 0 atom stereocenters. The smallest absolute Gasteiger partial charge is 0.276 e. The molecule has 0 aliphatic rings. The van der Waals surface area contributed by atoms with Gasteiger partial charge in [-0.1, -0.05) is 18.2 Å². The van der Waals surface area contributed by atoms with Crippen LogP contribution in [0.2, 0.25) is 0 Å². The third-order valence-electron chi connectivity index (χ3n) is 3.89. The average Bonchev–Trinajstić information content (AvgIpc) is 3.21. The van der Waals surface area contributed by atoms with E-state index >= 15 is 0 Å². The summed E-state index contributed by atoms with van der Waals surface area (Å²) in [6.45, 7) is 0.0544. The minimum atomic E-state index is -0.420. The molecule has 1 amide bonds. The van der Waals surface area contributed by atoms with Crippen molar-refractivity contribution in [1.29, 1.82) is 5.26 Å². The van der Waals surface area contributed by atoms with Crippen molar-refractivity contribution < 1.29 is 19.0 Å². The number of hydrogen-bond acceptors (Lipinski definition) is 6. The molecule has 1 N–H and O–H groups in total. The van der Waals surface area contributed by atoms with Crippen molar-refractivity contribution in [3.05, 3.63) is 66.0 Å². The third kappa shape index (κ3) is 4.04. The van der Waals surface area contributed by atoms with E-state index < -0.39 is 5.91 Å². The number of nitrogens with zero attached hydrogens (tertiary/aromatic N) is 3. The van der Waals surface area contributed by atoms with E-state index in [2.05, 4.69) is 10.4 Å². The molecule has 0 unspecified atom stereocenters. The van der Waals surface area contributed by atoms with E-state index in [-0.39, 0.29) is 12.4 Å². The molecular formula is C20H18N4O4. The first kappa shape index (κ1) is 18.8. The summed E-state index contributed by atoms with van der Waals surface area (Å²) in [4.78, 5) is 12.4. The van der Waals surface area contributed by atoms with Gasteiger partial charge in [-0.05, 0) is 30.3 Å². The Kier molecular flexibility index (Phi) is 5.77. The van der Waals surface area contributed by atoms with Crippen LogP contribution in [0, 0.1) is 11.3 Å². The fraction of sp³-hybridized carbons (Fsp3) is 0.150. The number of carbonyl (C=O) groups is 1. The van der Waals surface area contributed by atoms with E-state index in [1.807, 2.05) is 6.07 Å². The minimum absolute atomic E-state index is 0.0544. The molecule has 3 aromatic rings. The summed E-state index contributed by atoms with van der Waals surface area (Å²) >= 11 is 0. The van der Waals surface area contributed by atoms with Crippen molar-refractivity contribution in [2.75, 3.05) is 19.5 Å². The number of amides is 1. The van der Waals surface area contributed by atoms with Crippen LogP contribution in [-0.2, 0) is 6.73 Å². The third-order valence-corrected chi connectivity index (χ3v) is 3.89. The van der Waals surface area contributed by atoms with E-state index in [1.54, 1.807) is 54.7 Å². The van der Waals surface area contributed by atoms with Crippen molar-refractivity contribution in [3.8, 4) is 23.3 Å². The normalized spacial score (nSPS) is 10.0. The van der Waals surface area contributed by atoms with E-state index in [9.17, 15) is 4.79 Å². The van der Waals surface area contributed by atoms with Crippen molar-refractivity contribution in [3.63, 3.8) is 0 Å². The zero-order valence-corrected chi connectivity index (χ0v) is 15.4. The van der Waals surface area contributed by atoms with Crippen molar-refractivity contribution in [2.45, 2.75) is 6.73 Å². The van der Waals surface area contributed by atoms with Crippen LogP contribution in [0.4, 0.5) is 5.69 Å². The maximum atomic E-state index is 12.4. The van der Waals surface area contributed by atoms with Crippen molar-refractivity contribution in [2.24, 2.45) is 0 Å². The van der Waals surface area contributed by atoms with Gasteiger partial charge in [-0.25, -0.2) is 4.68 Å². The molecule has 8 heteroatoms. The molecule has 0 spiro atoms. The van der Waals surface area contributed by atoms with Gasteiger partial charge < -0.3 is 19.5 Å². The Morgan fingerprint density at radius 1 is 1.11 bits per heavy atom. The molecule has 1 heterocycles. The summed E-state index contributed by atoms with van der Waals surface area (Å²) in [5, 5.41) is 16.0. The first-order valence-electron chi connectivity index (χ1n) is 8.34. The van der Waals surface area contributed by atoms with Gasteiger partial charge in [-0.15, -0.1) is 0 Å². The van der Waals surface area contributed by atoms with Crippen LogP contribution < -0.4 is 19.5 Å². The summed E-state index contributed by atoms with van der Waals surface area (Å²) in [5.74, 6) is 1.07. The fourth-order valence-corrected chi connectivity index (χ4v) is 2.52. The highest BCUT2D eigenvalue weighted by molar-refractivity contribution is 6.03. The van der Waals surface area contributed by atoms with Gasteiger partial charge >= 0.3 is 0 Å². The van der Waals surface area contributed by atoms with Gasteiger partial charge in [0.15, 0.2) is 23.9 Å². The number of nitrogens with one attached hydrogen (secondary N) is 1. The Balaban J connectivity index is 1.70. The Hall–Kier alpha value is -3.99. The second-order valence-corrected chi connectivity index (χ2v) is 5.62. The minimum Gasteiger partial charge on any atom is -0.493 e. The lowest BCUT2D eigenvalue weighted by atomic mass is 10.2.